The van der Waals surface area contributed by atoms with E-state index >= 15 is 0 Å². The topological polar surface area (TPSA) is 64.3 Å². The third kappa shape index (κ3) is 2.60. The van der Waals surface area contributed by atoms with E-state index in [9.17, 15) is 4.79 Å². The Balaban J connectivity index is 1.84. The Morgan fingerprint density at radius 2 is 1.90 bits per heavy atom. The fourth-order valence-electron chi connectivity index (χ4n) is 2.41. The first-order valence-corrected chi connectivity index (χ1v) is 6.99. The average molecular weight is 298 g/mol. The van der Waals surface area contributed by atoms with Crippen LogP contribution in [0.15, 0.2) is 48.5 Å². The summed E-state index contributed by atoms with van der Waals surface area (Å²) in [4.78, 5) is 12.7. The molecule has 0 radical (unpaired) electrons. The van der Waals surface area contributed by atoms with Gasteiger partial charge in [-0.15, -0.1) is 0 Å². The van der Waals surface area contributed by atoms with Gasteiger partial charge in [-0.05, 0) is 18.2 Å². The summed E-state index contributed by atoms with van der Waals surface area (Å²) in [7, 11) is 0. The van der Waals surface area contributed by atoms with E-state index in [4.69, 9.17) is 22.7 Å². The maximum Gasteiger partial charge on any atom is 0.235 e. The van der Waals surface area contributed by atoms with E-state index in [-0.39, 0.29) is 16.8 Å². The van der Waals surface area contributed by atoms with Gasteiger partial charge in [0.15, 0.2) is 0 Å². The van der Waals surface area contributed by atoms with Crippen LogP contribution in [-0.2, 0) is 4.79 Å². The van der Waals surface area contributed by atoms with Crippen molar-refractivity contribution in [3.8, 4) is 5.75 Å². The van der Waals surface area contributed by atoms with E-state index in [2.05, 4.69) is 5.32 Å². The minimum atomic E-state index is -0.319. The van der Waals surface area contributed by atoms with Crippen LogP contribution in [-0.4, -0.2) is 17.5 Å². The first-order valence-electron chi connectivity index (χ1n) is 6.58. The molecule has 0 bridgehead atoms. The lowest BCUT2D eigenvalue weighted by atomic mass is 10.0. The summed E-state index contributed by atoms with van der Waals surface area (Å²) in [5.41, 5.74) is 7.87. The molecule has 0 fully saturated rings. The second-order valence-corrected chi connectivity index (χ2v) is 5.24. The molecular weight excluding hydrogens is 284 g/mol. The molecule has 0 spiro atoms. The summed E-state index contributed by atoms with van der Waals surface area (Å²) in [5.74, 6) is 0.324. The number of nitrogens with two attached hydrogens (primary N) is 1. The van der Waals surface area contributed by atoms with Crippen LogP contribution in [0, 0.1) is 0 Å². The molecule has 2 aromatic rings. The molecule has 1 unspecified atom stereocenters. The number of fused-ring (bicyclic) bond motifs is 1. The number of amides is 1. The largest absolute Gasteiger partial charge is 0.492 e. The number of rotatable bonds is 3. The number of thiocarbonyl (C=S) groups is 1. The van der Waals surface area contributed by atoms with Gasteiger partial charge in [0.1, 0.15) is 23.3 Å². The van der Waals surface area contributed by atoms with Crippen molar-refractivity contribution >= 4 is 28.8 Å². The van der Waals surface area contributed by atoms with Crippen LogP contribution >= 0.6 is 12.2 Å². The summed E-state index contributed by atoms with van der Waals surface area (Å²) in [6.07, 6.45) is 0. The van der Waals surface area contributed by atoms with Crippen molar-refractivity contribution in [2.24, 2.45) is 5.73 Å². The lowest BCUT2D eigenvalue weighted by Gasteiger charge is -2.13. The number of carbonyl (C=O) groups is 1. The van der Waals surface area contributed by atoms with Gasteiger partial charge in [-0.3, -0.25) is 4.79 Å². The van der Waals surface area contributed by atoms with Gasteiger partial charge in [-0.25, -0.2) is 0 Å². The molecule has 1 heterocycles. The molecule has 2 aromatic carbocycles. The normalized spacial score (nSPS) is 15.9. The van der Waals surface area contributed by atoms with Crippen molar-refractivity contribution in [1.29, 1.82) is 0 Å². The Labute approximate surface area is 127 Å². The van der Waals surface area contributed by atoms with Crippen molar-refractivity contribution < 1.29 is 9.53 Å². The van der Waals surface area contributed by atoms with Crippen LogP contribution in [0.3, 0.4) is 0 Å². The number of hydrogen-bond acceptors (Lipinski definition) is 3. The van der Waals surface area contributed by atoms with Gasteiger partial charge in [-0.1, -0.05) is 42.5 Å². The van der Waals surface area contributed by atoms with Gasteiger partial charge in [0.25, 0.3) is 0 Å². The summed E-state index contributed by atoms with van der Waals surface area (Å²) in [6, 6.07) is 14.8. The smallest absolute Gasteiger partial charge is 0.235 e. The standard InChI is InChI=1S/C16H14N2O2S/c17-15(21)11-6-1-3-7-13(11)18-16(19)12-9-20-14-8-4-2-5-10(12)14/h1-8,12H,9H2,(H2,17,21)(H,18,19). The van der Waals surface area contributed by atoms with Crippen molar-refractivity contribution in [3.63, 3.8) is 0 Å². The molecule has 21 heavy (non-hydrogen) atoms. The minimum absolute atomic E-state index is 0.122. The van der Waals surface area contributed by atoms with Crippen molar-refractivity contribution in [2.75, 3.05) is 11.9 Å². The number of para-hydroxylation sites is 2. The molecular formula is C16H14N2O2S. The number of nitrogens with one attached hydrogen (secondary N) is 1. The molecule has 0 aromatic heterocycles. The molecule has 4 nitrogen and oxygen atoms in total. The molecule has 1 aliphatic heterocycles. The molecule has 1 amide bonds. The van der Waals surface area contributed by atoms with Gasteiger partial charge in [-0.2, -0.15) is 0 Å². The van der Waals surface area contributed by atoms with Crippen LogP contribution in [0.4, 0.5) is 5.69 Å². The van der Waals surface area contributed by atoms with Crippen molar-refractivity contribution in [2.45, 2.75) is 5.92 Å². The molecule has 0 aliphatic carbocycles. The quantitative estimate of drug-likeness (QED) is 0.854. The van der Waals surface area contributed by atoms with E-state index in [1.54, 1.807) is 12.1 Å². The predicted molar refractivity (Wildman–Crippen MR) is 85.6 cm³/mol. The molecule has 1 aliphatic rings. The van der Waals surface area contributed by atoms with E-state index in [0.717, 1.165) is 11.3 Å². The molecule has 0 saturated heterocycles. The number of ether oxygens (including phenoxy) is 1. The van der Waals surface area contributed by atoms with Crippen LogP contribution < -0.4 is 15.8 Å². The Kier molecular flexibility index (Phi) is 3.58. The Morgan fingerprint density at radius 1 is 1.19 bits per heavy atom. The second-order valence-electron chi connectivity index (χ2n) is 4.80. The highest BCUT2D eigenvalue weighted by atomic mass is 32.1. The molecule has 106 valence electrons. The molecule has 0 saturated carbocycles. The van der Waals surface area contributed by atoms with Gasteiger partial charge in [0, 0.05) is 11.1 Å². The summed E-state index contributed by atoms with van der Waals surface area (Å²) < 4.78 is 5.54. The van der Waals surface area contributed by atoms with Crippen LogP contribution in [0.1, 0.15) is 17.0 Å². The number of hydrogen-bond donors (Lipinski definition) is 2. The zero-order chi connectivity index (χ0) is 14.8. The van der Waals surface area contributed by atoms with Gasteiger partial charge < -0.3 is 15.8 Å². The summed E-state index contributed by atoms with van der Waals surface area (Å²) >= 11 is 5.00. The van der Waals surface area contributed by atoms with Crippen molar-refractivity contribution in [3.05, 3.63) is 59.7 Å². The number of carbonyl (C=O) groups excluding carboxylic acids is 1. The highest BCUT2D eigenvalue weighted by Crippen LogP contribution is 2.34. The molecule has 5 heteroatoms. The summed E-state index contributed by atoms with van der Waals surface area (Å²) in [6.45, 7) is 0.348. The van der Waals surface area contributed by atoms with Gasteiger partial charge in [0.05, 0.1) is 5.69 Å². The Hall–Kier alpha value is -2.40. The van der Waals surface area contributed by atoms with Gasteiger partial charge >= 0.3 is 0 Å². The predicted octanol–water partition coefficient (Wildman–Crippen LogP) is 2.44. The first kappa shape index (κ1) is 13.6. The maximum atomic E-state index is 12.5. The third-order valence-electron chi connectivity index (χ3n) is 3.47. The Morgan fingerprint density at radius 3 is 2.71 bits per heavy atom. The lowest BCUT2D eigenvalue weighted by molar-refractivity contribution is -0.117. The molecule has 3 N–H and O–H groups in total. The average Bonchev–Trinajstić information content (AvgIpc) is 2.91. The van der Waals surface area contributed by atoms with Crippen LogP contribution in [0.25, 0.3) is 0 Å². The second kappa shape index (κ2) is 5.54. The van der Waals surface area contributed by atoms with Crippen LogP contribution in [0.2, 0.25) is 0 Å². The van der Waals surface area contributed by atoms with E-state index in [0.29, 0.717) is 17.9 Å². The summed E-state index contributed by atoms with van der Waals surface area (Å²) in [5, 5.41) is 2.89. The fraction of sp³-hybridized carbons (Fsp3) is 0.125. The van der Waals surface area contributed by atoms with Gasteiger partial charge in [0.2, 0.25) is 5.91 Å². The van der Waals surface area contributed by atoms with E-state index < -0.39 is 0 Å². The third-order valence-corrected chi connectivity index (χ3v) is 3.69. The first-order chi connectivity index (χ1) is 10.2. The van der Waals surface area contributed by atoms with E-state index in [1.807, 2.05) is 36.4 Å². The minimum Gasteiger partial charge on any atom is -0.492 e. The fourth-order valence-corrected chi connectivity index (χ4v) is 2.58. The van der Waals surface area contributed by atoms with Crippen molar-refractivity contribution in [1.82, 2.24) is 0 Å². The lowest BCUT2D eigenvalue weighted by Crippen LogP contribution is -2.24. The number of anilines is 1. The Bertz CT molecular complexity index is 715. The molecule has 3 rings (SSSR count). The SMILES string of the molecule is NC(=S)c1ccccc1NC(=O)C1COc2ccccc21. The zero-order valence-corrected chi connectivity index (χ0v) is 12.0. The monoisotopic (exact) mass is 298 g/mol. The highest BCUT2D eigenvalue weighted by molar-refractivity contribution is 7.80. The van der Waals surface area contributed by atoms with E-state index in [1.165, 1.54) is 0 Å². The highest BCUT2D eigenvalue weighted by Gasteiger charge is 2.30. The van der Waals surface area contributed by atoms with Crippen LogP contribution in [0.5, 0.6) is 5.75 Å². The zero-order valence-electron chi connectivity index (χ0n) is 11.2. The number of benzene rings is 2. The maximum absolute atomic E-state index is 12.5. The molecule has 1 atom stereocenters.